The molecule has 2 bridgehead atoms. The number of hydrogen-bond acceptors (Lipinski definition) is 2. The molecule has 1 N–H and O–H groups in total. The quantitative estimate of drug-likeness (QED) is 0.488. The van der Waals surface area contributed by atoms with Gasteiger partial charge >= 0.3 is 0 Å². The SMILES string of the molecule is CCc1ccc(-c2ccc(Cl)c(Cl)c2F)cc1/C1=C(\O)C[C@H]2CC[C@H](CC2)CC1=O. The molecule has 1 saturated carbocycles. The molecule has 0 amide bonds. The monoisotopic (exact) mass is 446 g/mol. The van der Waals surface area contributed by atoms with Crippen molar-refractivity contribution in [1.82, 2.24) is 0 Å². The van der Waals surface area contributed by atoms with Crippen LogP contribution >= 0.6 is 23.2 Å². The fourth-order valence-corrected chi connectivity index (χ4v) is 5.19. The summed E-state index contributed by atoms with van der Waals surface area (Å²) in [5, 5.41) is 11.0. The van der Waals surface area contributed by atoms with Crippen LogP contribution in [0.4, 0.5) is 4.39 Å². The third kappa shape index (κ3) is 4.02. The summed E-state index contributed by atoms with van der Waals surface area (Å²) in [5.74, 6) is 0.380. The first-order valence-corrected chi connectivity index (χ1v) is 11.4. The van der Waals surface area contributed by atoms with E-state index < -0.39 is 5.82 Å². The number of allylic oxidation sites excluding steroid dienone is 2. The molecular formula is C25H25Cl2FO2. The number of halogens is 3. The molecule has 3 aliphatic carbocycles. The number of benzene rings is 2. The van der Waals surface area contributed by atoms with Crippen molar-refractivity contribution in [3.63, 3.8) is 0 Å². The molecule has 0 atom stereocenters. The molecule has 0 saturated heterocycles. The summed E-state index contributed by atoms with van der Waals surface area (Å²) in [4.78, 5) is 13.3. The molecule has 158 valence electrons. The van der Waals surface area contributed by atoms with Gasteiger partial charge in [0.15, 0.2) is 11.6 Å². The fourth-order valence-electron chi connectivity index (χ4n) is 4.88. The maximum atomic E-state index is 14.8. The number of Topliss-reactive ketones (excluding diaryl/α,β-unsaturated/α-hetero) is 1. The van der Waals surface area contributed by atoms with E-state index in [-0.39, 0.29) is 21.6 Å². The average Bonchev–Trinajstić information content (AvgIpc) is 2.82. The van der Waals surface area contributed by atoms with Gasteiger partial charge in [0, 0.05) is 18.4 Å². The van der Waals surface area contributed by atoms with Gasteiger partial charge in [0.25, 0.3) is 0 Å². The van der Waals surface area contributed by atoms with E-state index >= 15 is 0 Å². The Labute approximate surface area is 186 Å². The summed E-state index contributed by atoms with van der Waals surface area (Å²) in [7, 11) is 0. The van der Waals surface area contributed by atoms with Crippen LogP contribution in [0.3, 0.4) is 0 Å². The number of aliphatic hydroxyl groups is 1. The fraction of sp³-hybridized carbons (Fsp3) is 0.400. The van der Waals surface area contributed by atoms with Gasteiger partial charge in [-0.15, -0.1) is 0 Å². The molecule has 5 heteroatoms. The summed E-state index contributed by atoms with van der Waals surface area (Å²) in [6, 6.07) is 8.70. The molecule has 0 radical (unpaired) electrons. The van der Waals surface area contributed by atoms with Gasteiger partial charge in [0.2, 0.25) is 0 Å². The second-order valence-corrected chi connectivity index (χ2v) is 9.27. The third-order valence-corrected chi connectivity index (χ3v) is 7.38. The number of carbonyl (C=O) groups is 1. The smallest absolute Gasteiger partial charge is 0.167 e. The van der Waals surface area contributed by atoms with Gasteiger partial charge in [0.05, 0.1) is 15.6 Å². The van der Waals surface area contributed by atoms with Crippen molar-refractivity contribution in [3.8, 4) is 11.1 Å². The molecule has 0 aromatic heterocycles. The van der Waals surface area contributed by atoms with Crippen LogP contribution in [0.25, 0.3) is 16.7 Å². The van der Waals surface area contributed by atoms with E-state index in [1.54, 1.807) is 12.1 Å². The van der Waals surface area contributed by atoms with Crippen molar-refractivity contribution in [2.24, 2.45) is 11.8 Å². The number of aryl methyl sites for hydroxylation is 1. The molecule has 1 fully saturated rings. The molecular weight excluding hydrogens is 422 g/mol. The maximum absolute atomic E-state index is 14.8. The van der Waals surface area contributed by atoms with E-state index in [0.29, 0.717) is 53.4 Å². The minimum atomic E-state index is -0.587. The lowest BCUT2D eigenvalue weighted by atomic mass is 9.79. The summed E-state index contributed by atoms with van der Waals surface area (Å²) in [6.07, 6.45) is 5.91. The highest BCUT2D eigenvalue weighted by Crippen LogP contribution is 2.41. The highest BCUT2D eigenvalue weighted by molar-refractivity contribution is 6.42. The molecule has 0 heterocycles. The van der Waals surface area contributed by atoms with Crippen LogP contribution in [0.5, 0.6) is 0 Å². The first-order chi connectivity index (χ1) is 14.4. The van der Waals surface area contributed by atoms with Crippen LogP contribution in [0, 0.1) is 17.7 Å². The highest BCUT2D eigenvalue weighted by atomic mass is 35.5. The number of ketones is 1. The first-order valence-electron chi connectivity index (χ1n) is 10.6. The standard InChI is InChI=1S/C25H25Cl2FO2/c1-2-16-7-8-17(18-9-10-20(26)24(27)25(18)28)13-19(16)23-21(29)11-14-3-4-15(6-5-14)12-22(23)30/h7-10,13-15,29H,2-6,11-12H2,1H3/b23-21+/t14-,15+. The largest absolute Gasteiger partial charge is 0.512 e. The lowest BCUT2D eigenvalue weighted by Crippen LogP contribution is -2.15. The zero-order chi connectivity index (χ0) is 21.4. The van der Waals surface area contributed by atoms with Crippen molar-refractivity contribution in [2.45, 2.75) is 51.9 Å². The van der Waals surface area contributed by atoms with Crippen molar-refractivity contribution in [1.29, 1.82) is 0 Å². The molecule has 0 aliphatic heterocycles. The van der Waals surface area contributed by atoms with E-state index in [0.717, 1.165) is 31.2 Å². The van der Waals surface area contributed by atoms with E-state index in [1.807, 2.05) is 25.1 Å². The number of aliphatic hydroxyl groups excluding tert-OH is 1. The second-order valence-electron chi connectivity index (χ2n) is 8.49. The van der Waals surface area contributed by atoms with Gasteiger partial charge in [-0.2, -0.15) is 0 Å². The molecule has 2 aromatic carbocycles. The molecule has 0 spiro atoms. The summed E-state index contributed by atoms with van der Waals surface area (Å²) in [5.41, 5.74) is 3.00. The molecule has 2 aromatic rings. The van der Waals surface area contributed by atoms with Crippen LogP contribution < -0.4 is 0 Å². The summed E-state index contributed by atoms with van der Waals surface area (Å²) >= 11 is 12.0. The Morgan fingerprint density at radius 2 is 1.67 bits per heavy atom. The van der Waals surface area contributed by atoms with Crippen LogP contribution in [-0.4, -0.2) is 10.9 Å². The van der Waals surface area contributed by atoms with Gasteiger partial charge in [-0.1, -0.05) is 42.3 Å². The third-order valence-electron chi connectivity index (χ3n) is 6.60. The van der Waals surface area contributed by atoms with Crippen molar-refractivity contribution < 1.29 is 14.3 Å². The number of carbonyl (C=O) groups excluding carboxylic acids is 1. The van der Waals surface area contributed by atoms with E-state index in [1.165, 1.54) is 0 Å². The van der Waals surface area contributed by atoms with Gasteiger partial charge in [-0.25, -0.2) is 4.39 Å². The maximum Gasteiger partial charge on any atom is 0.167 e. The van der Waals surface area contributed by atoms with Gasteiger partial charge in [0.1, 0.15) is 5.76 Å². The van der Waals surface area contributed by atoms with E-state index in [9.17, 15) is 14.3 Å². The zero-order valence-corrected chi connectivity index (χ0v) is 18.5. The van der Waals surface area contributed by atoms with Crippen molar-refractivity contribution in [3.05, 3.63) is 63.1 Å². The Balaban J connectivity index is 1.86. The Kier molecular flexibility index (Phi) is 6.22. The summed E-state index contributed by atoms with van der Waals surface area (Å²) in [6.45, 7) is 2.01. The summed E-state index contributed by atoms with van der Waals surface area (Å²) < 4.78 is 14.8. The molecule has 2 nitrogen and oxygen atoms in total. The van der Waals surface area contributed by atoms with Crippen LogP contribution in [0.1, 0.15) is 56.6 Å². The topological polar surface area (TPSA) is 37.3 Å². The number of fused-ring (bicyclic) bond motifs is 5. The predicted molar refractivity (Wildman–Crippen MR) is 120 cm³/mol. The van der Waals surface area contributed by atoms with E-state index in [4.69, 9.17) is 23.2 Å². The highest BCUT2D eigenvalue weighted by Gasteiger charge is 2.31. The Bertz CT molecular complexity index is 1020. The Morgan fingerprint density at radius 1 is 1.00 bits per heavy atom. The minimum Gasteiger partial charge on any atom is -0.512 e. The van der Waals surface area contributed by atoms with Gasteiger partial charge in [-0.05, 0) is 78.8 Å². The second kappa shape index (κ2) is 8.72. The normalized spacial score (nSPS) is 24.5. The molecule has 5 rings (SSSR count). The molecule has 3 aliphatic rings. The minimum absolute atomic E-state index is 0.0125. The van der Waals surface area contributed by atoms with E-state index in [2.05, 4.69) is 0 Å². The Morgan fingerprint density at radius 3 is 2.33 bits per heavy atom. The zero-order valence-electron chi connectivity index (χ0n) is 17.0. The Hall–Kier alpha value is -1.84. The van der Waals surface area contributed by atoms with Gasteiger partial charge < -0.3 is 5.11 Å². The van der Waals surface area contributed by atoms with Crippen LogP contribution in [0.2, 0.25) is 10.0 Å². The predicted octanol–water partition coefficient (Wildman–Crippen LogP) is 7.80. The van der Waals surface area contributed by atoms with Crippen LogP contribution in [0.15, 0.2) is 36.1 Å². The molecule has 0 unspecified atom stereocenters. The molecule has 30 heavy (non-hydrogen) atoms. The van der Waals surface area contributed by atoms with Gasteiger partial charge in [-0.3, -0.25) is 4.79 Å². The number of hydrogen-bond donors (Lipinski definition) is 1. The van der Waals surface area contributed by atoms with Crippen molar-refractivity contribution >= 4 is 34.6 Å². The first kappa shape index (κ1) is 21.4. The lowest BCUT2D eigenvalue weighted by Gasteiger charge is -2.26. The van der Waals surface area contributed by atoms with Crippen LogP contribution in [-0.2, 0) is 11.2 Å². The average molecular weight is 447 g/mol. The van der Waals surface area contributed by atoms with Crippen molar-refractivity contribution in [2.75, 3.05) is 0 Å². The lowest BCUT2D eigenvalue weighted by molar-refractivity contribution is -0.114. The number of rotatable bonds is 3.